The third-order valence-corrected chi connectivity index (χ3v) is 3.62. The van der Waals surface area contributed by atoms with Gasteiger partial charge in [-0.3, -0.25) is 0 Å². The summed E-state index contributed by atoms with van der Waals surface area (Å²) in [5.74, 6) is 1.03. The van der Waals surface area contributed by atoms with Crippen LogP contribution in [0.2, 0.25) is 0 Å². The monoisotopic (exact) mass is 274 g/mol. The molecule has 0 fully saturated rings. The maximum Gasteiger partial charge on any atom is 0.122 e. The van der Waals surface area contributed by atoms with E-state index in [9.17, 15) is 0 Å². The minimum absolute atomic E-state index is 0.576. The molecule has 0 amide bonds. The smallest absolute Gasteiger partial charge is 0.122 e. The van der Waals surface area contributed by atoms with Crippen LogP contribution in [0.3, 0.4) is 0 Å². The Morgan fingerprint density at radius 1 is 0.950 bits per heavy atom. The normalized spacial score (nSPS) is 10.8. The maximum absolute atomic E-state index is 5.77. The van der Waals surface area contributed by atoms with Gasteiger partial charge in [0.2, 0.25) is 0 Å². The summed E-state index contributed by atoms with van der Waals surface area (Å²) in [6.07, 6.45) is 10.6. The summed E-state index contributed by atoms with van der Waals surface area (Å²) in [4.78, 5) is 0. The Labute approximate surface area is 125 Å². The minimum atomic E-state index is 0.576. The molecule has 0 saturated heterocycles. The first-order chi connectivity index (χ1) is 9.81. The molecule has 0 aliphatic rings. The Balaban J connectivity index is 2.67. The molecular weight excluding hydrogens is 244 g/mol. The first kappa shape index (κ1) is 17.1. The van der Waals surface area contributed by atoms with Gasteiger partial charge in [0.05, 0.1) is 6.61 Å². The van der Waals surface area contributed by atoms with Crippen molar-refractivity contribution in [3.05, 3.63) is 36.2 Å². The first-order valence-electron chi connectivity index (χ1n) is 8.26. The summed E-state index contributed by atoms with van der Waals surface area (Å²) >= 11 is 0. The van der Waals surface area contributed by atoms with E-state index in [1.165, 1.54) is 56.1 Å². The van der Waals surface area contributed by atoms with E-state index in [0.717, 1.165) is 12.2 Å². The Morgan fingerprint density at radius 3 is 2.30 bits per heavy atom. The van der Waals surface area contributed by atoms with Gasteiger partial charge in [-0.1, -0.05) is 51.7 Å². The van der Waals surface area contributed by atoms with E-state index in [1.54, 1.807) is 0 Å². The number of aryl methyl sites for hydroxylation is 2. The van der Waals surface area contributed by atoms with E-state index in [4.69, 9.17) is 11.7 Å². The summed E-state index contributed by atoms with van der Waals surface area (Å²) in [6.45, 7) is 10.6. The molecule has 0 atom stereocenters. The molecule has 0 unspecified atom stereocenters. The molecule has 20 heavy (non-hydrogen) atoms. The fourth-order valence-electron chi connectivity index (χ4n) is 2.44. The molecule has 0 aromatic heterocycles. The van der Waals surface area contributed by atoms with Gasteiger partial charge in [0.25, 0.3) is 0 Å². The predicted octanol–water partition coefficient (Wildman–Crippen LogP) is 5.63. The third kappa shape index (κ3) is 6.45. The van der Waals surface area contributed by atoms with Crippen molar-refractivity contribution >= 4 is 0 Å². The Bertz CT molecular complexity index is 357. The van der Waals surface area contributed by atoms with Crippen LogP contribution in [-0.4, -0.2) is 6.61 Å². The SMILES string of the molecule is [CH]CCOc1ccc(CCCCC)cc1CCCCC. The maximum atomic E-state index is 5.77. The zero-order valence-corrected chi connectivity index (χ0v) is 13.3. The van der Waals surface area contributed by atoms with Crippen LogP contribution in [0.25, 0.3) is 0 Å². The zero-order valence-electron chi connectivity index (χ0n) is 13.3. The number of unbranched alkanes of at least 4 members (excludes halogenated alkanes) is 4. The third-order valence-electron chi connectivity index (χ3n) is 3.62. The highest BCUT2D eigenvalue weighted by molar-refractivity contribution is 5.37. The molecule has 0 spiro atoms. The van der Waals surface area contributed by atoms with Crippen LogP contribution in [0.4, 0.5) is 0 Å². The fraction of sp³-hybridized carbons (Fsp3) is 0.632. The van der Waals surface area contributed by atoms with Gasteiger partial charge >= 0.3 is 0 Å². The van der Waals surface area contributed by atoms with Crippen molar-refractivity contribution in [1.82, 2.24) is 0 Å². The van der Waals surface area contributed by atoms with Crippen LogP contribution in [-0.2, 0) is 12.8 Å². The Morgan fingerprint density at radius 2 is 1.65 bits per heavy atom. The fourth-order valence-corrected chi connectivity index (χ4v) is 2.44. The molecule has 0 aliphatic carbocycles. The second kappa shape index (κ2) is 10.8. The van der Waals surface area contributed by atoms with Crippen LogP contribution in [0.15, 0.2) is 18.2 Å². The van der Waals surface area contributed by atoms with Gasteiger partial charge in [0.1, 0.15) is 5.75 Å². The van der Waals surface area contributed by atoms with Crippen LogP contribution in [0, 0.1) is 6.92 Å². The van der Waals surface area contributed by atoms with Crippen LogP contribution in [0.1, 0.15) is 69.9 Å². The van der Waals surface area contributed by atoms with Crippen molar-refractivity contribution < 1.29 is 4.74 Å². The summed E-state index contributed by atoms with van der Waals surface area (Å²) < 4.78 is 5.77. The molecule has 1 aromatic carbocycles. The highest BCUT2D eigenvalue weighted by Crippen LogP contribution is 2.24. The number of hydrogen-bond acceptors (Lipinski definition) is 1. The van der Waals surface area contributed by atoms with E-state index < -0.39 is 0 Å². The lowest BCUT2D eigenvalue weighted by Gasteiger charge is -2.13. The van der Waals surface area contributed by atoms with Gasteiger partial charge in [-0.2, -0.15) is 0 Å². The Hall–Kier alpha value is -0.980. The first-order valence-corrected chi connectivity index (χ1v) is 8.26. The number of ether oxygens (including phenoxy) is 1. The number of hydrogen-bond donors (Lipinski definition) is 0. The summed E-state index contributed by atoms with van der Waals surface area (Å²) in [5, 5.41) is 0. The largest absolute Gasteiger partial charge is 0.493 e. The van der Waals surface area contributed by atoms with Crippen molar-refractivity contribution in [3.8, 4) is 5.75 Å². The van der Waals surface area contributed by atoms with Crippen LogP contribution in [0.5, 0.6) is 5.75 Å². The van der Waals surface area contributed by atoms with Crippen LogP contribution < -0.4 is 4.74 Å². The highest BCUT2D eigenvalue weighted by Gasteiger charge is 2.05. The number of rotatable bonds is 11. The summed E-state index contributed by atoms with van der Waals surface area (Å²) in [6, 6.07) is 6.69. The zero-order chi connectivity index (χ0) is 14.6. The molecule has 1 heteroatoms. The lowest BCUT2D eigenvalue weighted by molar-refractivity contribution is 0.320. The molecule has 1 rings (SSSR count). The quantitative estimate of drug-likeness (QED) is 0.475. The molecule has 0 heterocycles. The average molecular weight is 274 g/mol. The molecule has 2 radical (unpaired) electrons. The second-order valence-corrected chi connectivity index (χ2v) is 5.49. The molecule has 1 nitrogen and oxygen atoms in total. The van der Waals surface area contributed by atoms with Crippen molar-refractivity contribution in [3.63, 3.8) is 0 Å². The predicted molar refractivity (Wildman–Crippen MR) is 87.3 cm³/mol. The summed E-state index contributed by atoms with van der Waals surface area (Å²) in [5.41, 5.74) is 2.81. The van der Waals surface area contributed by atoms with E-state index in [-0.39, 0.29) is 0 Å². The van der Waals surface area contributed by atoms with Gasteiger partial charge in [-0.25, -0.2) is 0 Å². The molecule has 1 aromatic rings. The van der Waals surface area contributed by atoms with Gasteiger partial charge < -0.3 is 4.74 Å². The van der Waals surface area contributed by atoms with E-state index in [1.807, 2.05) is 0 Å². The van der Waals surface area contributed by atoms with Crippen molar-refractivity contribution in [2.45, 2.75) is 71.6 Å². The topological polar surface area (TPSA) is 9.23 Å². The van der Waals surface area contributed by atoms with Crippen molar-refractivity contribution in [1.29, 1.82) is 0 Å². The average Bonchev–Trinajstić information content (AvgIpc) is 2.47. The minimum Gasteiger partial charge on any atom is -0.493 e. The van der Waals surface area contributed by atoms with Gasteiger partial charge in [0, 0.05) is 0 Å². The molecule has 0 N–H and O–H groups in total. The lowest BCUT2D eigenvalue weighted by Crippen LogP contribution is -2.00. The molecule has 0 saturated carbocycles. The van der Waals surface area contributed by atoms with Crippen molar-refractivity contribution in [2.75, 3.05) is 6.61 Å². The molecule has 0 bridgehead atoms. The molecular formula is C19H30O. The van der Waals surface area contributed by atoms with Crippen LogP contribution >= 0.6 is 0 Å². The lowest BCUT2D eigenvalue weighted by atomic mass is 10.0. The second-order valence-electron chi connectivity index (χ2n) is 5.49. The van der Waals surface area contributed by atoms with Crippen molar-refractivity contribution in [2.24, 2.45) is 0 Å². The standard InChI is InChI=1S/C19H30O/c1-4-7-9-11-17-13-14-19(20-15-6-3)18(16-17)12-10-8-5-2/h3,13-14,16H,4-12,15H2,1-2H3. The highest BCUT2D eigenvalue weighted by atomic mass is 16.5. The number of benzene rings is 1. The molecule has 112 valence electrons. The Kier molecular flexibility index (Phi) is 9.19. The van der Waals surface area contributed by atoms with E-state index in [2.05, 4.69) is 32.0 Å². The van der Waals surface area contributed by atoms with E-state index >= 15 is 0 Å². The van der Waals surface area contributed by atoms with E-state index in [0.29, 0.717) is 13.0 Å². The van der Waals surface area contributed by atoms with Gasteiger partial charge in [-0.15, -0.1) is 0 Å². The summed E-state index contributed by atoms with van der Waals surface area (Å²) in [7, 11) is 0. The molecule has 0 aliphatic heterocycles. The van der Waals surface area contributed by atoms with Gasteiger partial charge in [-0.05, 0) is 56.2 Å². The van der Waals surface area contributed by atoms with Gasteiger partial charge in [0.15, 0.2) is 0 Å².